The molecule has 11 nitrogen and oxygen atoms in total. The minimum Gasteiger partial charge on any atom is -0.495 e. The first-order valence-electron chi connectivity index (χ1n) is 11.1. The second kappa shape index (κ2) is 10.9. The molecule has 2 heterocycles. The number of H-pyrrole nitrogens is 1. The number of hydrogen-bond donors (Lipinski definition) is 2. The van der Waals surface area contributed by atoms with Crippen molar-refractivity contribution in [2.75, 3.05) is 14.2 Å². The van der Waals surface area contributed by atoms with E-state index >= 15 is 4.39 Å². The molecule has 0 amide bonds. The summed E-state index contributed by atoms with van der Waals surface area (Å²) < 4.78 is 60.0. The van der Waals surface area contributed by atoms with Crippen LogP contribution in [0, 0.1) is 12.7 Å². The van der Waals surface area contributed by atoms with Crippen LogP contribution in [-0.4, -0.2) is 42.8 Å². The van der Waals surface area contributed by atoms with Crippen LogP contribution >= 0.6 is 11.6 Å². The topological polar surface area (TPSA) is 149 Å². The van der Waals surface area contributed by atoms with E-state index in [9.17, 15) is 13.2 Å². The Labute approximate surface area is 222 Å². The lowest BCUT2D eigenvalue weighted by molar-refractivity contribution is 0.374. The molecule has 0 saturated heterocycles. The highest BCUT2D eigenvalue weighted by atomic mass is 35.5. The third-order valence-corrected chi connectivity index (χ3v) is 7.67. The highest BCUT2D eigenvalue weighted by molar-refractivity contribution is 7.89. The summed E-state index contributed by atoms with van der Waals surface area (Å²) in [6.45, 7) is 3.27. The van der Waals surface area contributed by atoms with E-state index in [1.165, 1.54) is 50.9 Å². The maximum absolute atomic E-state index is 15.3. The summed E-state index contributed by atoms with van der Waals surface area (Å²) in [7, 11) is -1.58. The van der Waals surface area contributed by atoms with Gasteiger partial charge in [-0.1, -0.05) is 24.6 Å². The van der Waals surface area contributed by atoms with Gasteiger partial charge in [-0.05, 0) is 41.8 Å². The first-order chi connectivity index (χ1) is 18.1. The Hall–Kier alpha value is -3.81. The predicted octanol–water partition coefficient (Wildman–Crippen LogP) is 3.76. The molecule has 200 valence electrons. The van der Waals surface area contributed by atoms with Gasteiger partial charge in [0.15, 0.2) is 0 Å². The lowest BCUT2D eigenvalue weighted by Crippen LogP contribution is -2.33. The van der Waals surface area contributed by atoms with Gasteiger partial charge in [-0.3, -0.25) is 0 Å². The standard InChI is InChI=1S/C24H23ClFN5O6S/c1-12-16(14-10-27-23(36-4)28-11-14)6-7-17(26)20(12)13(2)21(22-29-30-24(32)37-22)31-38(33,34)19-8-5-15(25)9-18(19)35-3/h5-11,13,21,31H,1-4H3,(H,30,32)/t13-,21+/m1/s1. The lowest BCUT2D eigenvalue weighted by Gasteiger charge is -2.25. The number of sulfonamides is 1. The van der Waals surface area contributed by atoms with Crippen molar-refractivity contribution < 1.29 is 26.7 Å². The van der Waals surface area contributed by atoms with Crippen molar-refractivity contribution in [2.24, 2.45) is 0 Å². The minimum absolute atomic E-state index is 0.0104. The smallest absolute Gasteiger partial charge is 0.434 e. The fraction of sp³-hybridized carbons (Fsp3) is 0.250. The summed E-state index contributed by atoms with van der Waals surface area (Å²) in [5, 5.41) is 6.20. The van der Waals surface area contributed by atoms with Crippen molar-refractivity contribution in [3.05, 3.63) is 81.1 Å². The van der Waals surface area contributed by atoms with Crippen LogP contribution in [0.25, 0.3) is 11.1 Å². The van der Waals surface area contributed by atoms with Crippen LogP contribution in [0.3, 0.4) is 0 Å². The number of benzene rings is 2. The van der Waals surface area contributed by atoms with E-state index < -0.39 is 33.6 Å². The molecule has 0 unspecified atom stereocenters. The van der Waals surface area contributed by atoms with Crippen molar-refractivity contribution in [3.63, 3.8) is 0 Å². The van der Waals surface area contributed by atoms with Gasteiger partial charge < -0.3 is 13.9 Å². The Morgan fingerprint density at radius 2 is 1.84 bits per heavy atom. The molecule has 0 saturated carbocycles. The Bertz CT molecular complexity index is 1620. The third kappa shape index (κ3) is 5.39. The summed E-state index contributed by atoms with van der Waals surface area (Å²) in [4.78, 5) is 19.7. The fourth-order valence-electron chi connectivity index (χ4n) is 4.13. The van der Waals surface area contributed by atoms with Crippen molar-refractivity contribution >= 4 is 21.6 Å². The first kappa shape index (κ1) is 27.2. The molecule has 0 radical (unpaired) electrons. The molecule has 0 fully saturated rings. The number of nitrogens with one attached hydrogen (secondary N) is 2. The Morgan fingerprint density at radius 1 is 1.13 bits per heavy atom. The zero-order valence-corrected chi connectivity index (χ0v) is 22.2. The van der Waals surface area contributed by atoms with Gasteiger partial charge in [0.25, 0.3) is 0 Å². The van der Waals surface area contributed by atoms with Crippen molar-refractivity contribution in [2.45, 2.75) is 30.7 Å². The number of aromatic amines is 1. The van der Waals surface area contributed by atoms with Gasteiger partial charge in [-0.25, -0.2) is 32.7 Å². The summed E-state index contributed by atoms with van der Waals surface area (Å²) in [5.74, 6) is -2.70. The van der Waals surface area contributed by atoms with E-state index in [0.29, 0.717) is 16.7 Å². The number of hydrogen-bond acceptors (Lipinski definition) is 9. The average molecular weight is 564 g/mol. The molecule has 0 aliphatic rings. The predicted molar refractivity (Wildman–Crippen MR) is 135 cm³/mol. The maximum Gasteiger partial charge on any atom is 0.434 e. The second-order valence-corrected chi connectivity index (χ2v) is 10.3. The van der Waals surface area contributed by atoms with Gasteiger partial charge in [0.2, 0.25) is 15.9 Å². The molecule has 2 aromatic carbocycles. The summed E-state index contributed by atoms with van der Waals surface area (Å²) in [6, 6.07) is 5.69. The van der Waals surface area contributed by atoms with Gasteiger partial charge in [-0.2, -0.15) is 4.72 Å². The molecular weight excluding hydrogens is 541 g/mol. The molecule has 2 aromatic heterocycles. The highest BCUT2D eigenvalue weighted by Crippen LogP contribution is 2.38. The zero-order valence-electron chi connectivity index (χ0n) is 20.7. The lowest BCUT2D eigenvalue weighted by atomic mass is 9.86. The maximum atomic E-state index is 15.3. The summed E-state index contributed by atoms with van der Waals surface area (Å²) in [6.07, 6.45) is 3.06. The van der Waals surface area contributed by atoms with Crippen LogP contribution in [0.15, 0.2) is 56.8 Å². The van der Waals surface area contributed by atoms with E-state index in [0.717, 1.165) is 0 Å². The molecule has 0 aliphatic heterocycles. The Balaban J connectivity index is 1.81. The van der Waals surface area contributed by atoms with Crippen LogP contribution < -0.4 is 20.0 Å². The molecule has 0 aliphatic carbocycles. The van der Waals surface area contributed by atoms with Gasteiger partial charge in [0, 0.05) is 35.0 Å². The molecule has 38 heavy (non-hydrogen) atoms. The number of methoxy groups -OCH3 is 2. The van der Waals surface area contributed by atoms with Crippen LogP contribution in [-0.2, 0) is 10.0 Å². The number of aromatic nitrogens is 4. The fourth-order valence-corrected chi connectivity index (χ4v) is 5.71. The second-order valence-electron chi connectivity index (χ2n) is 8.23. The van der Waals surface area contributed by atoms with Crippen molar-refractivity contribution in [1.82, 2.24) is 24.9 Å². The van der Waals surface area contributed by atoms with Crippen LogP contribution in [0.4, 0.5) is 4.39 Å². The quantitative estimate of drug-likeness (QED) is 0.310. The highest BCUT2D eigenvalue weighted by Gasteiger charge is 2.34. The number of halogens is 2. The number of rotatable bonds is 9. The first-order valence-corrected chi connectivity index (χ1v) is 13.0. The van der Waals surface area contributed by atoms with E-state index in [-0.39, 0.29) is 33.1 Å². The minimum atomic E-state index is -4.31. The van der Waals surface area contributed by atoms with E-state index in [4.69, 9.17) is 25.5 Å². The van der Waals surface area contributed by atoms with Gasteiger partial charge >= 0.3 is 11.8 Å². The molecule has 2 N–H and O–H groups in total. The van der Waals surface area contributed by atoms with Gasteiger partial charge in [0.05, 0.1) is 14.2 Å². The molecule has 14 heteroatoms. The molecule has 0 spiro atoms. The summed E-state index contributed by atoms with van der Waals surface area (Å²) in [5.41, 5.74) is 1.86. The van der Waals surface area contributed by atoms with Crippen LogP contribution in [0.2, 0.25) is 5.02 Å². The van der Waals surface area contributed by atoms with Crippen LogP contribution in [0.5, 0.6) is 11.8 Å². The largest absolute Gasteiger partial charge is 0.495 e. The molecule has 4 rings (SSSR count). The van der Waals surface area contributed by atoms with E-state index in [2.05, 4.69) is 24.9 Å². The average Bonchev–Trinajstić information content (AvgIpc) is 3.33. The Morgan fingerprint density at radius 3 is 2.45 bits per heavy atom. The monoisotopic (exact) mass is 563 g/mol. The van der Waals surface area contributed by atoms with Crippen molar-refractivity contribution in [3.8, 4) is 22.9 Å². The Kier molecular flexibility index (Phi) is 7.81. The summed E-state index contributed by atoms with van der Waals surface area (Å²) >= 11 is 5.98. The molecule has 4 aromatic rings. The van der Waals surface area contributed by atoms with Gasteiger partial charge in [0.1, 0.15) is 22.5 Å². The molecular formula is C24H23ClFN5O6S. The zero-order chi connectivity index (χ0) is 27.6. The number of nitrogens with zero attached hydrogens (tertiary/aromatic N) is 3. The number of ether oxygens (including phenoxy) is 2. The third-order valence-electron chi connectivity index (χ3n) is 5.96. The van der Waals surface area contributed by atoms with Crippen molar-refractivity contribution in [1.29, 1.82) is 0 Å². The van der Waals surface area contributed by atoms with E-state index in [1.807, 2.05) is 0 Å². The van der Waals surface area contributed by atoms with Gasteiger partial charge in [-0.15, -0.1) is 5.10 Å². The molecule has 2 atom stereocenters. The molecule has 0 bridgehead atoms. The van der Waals surface area contributed by atoms with Crippen LogP contribution in [0.1, 0.15) is 35.9 Å². The SMILES string of the molecule is COc1ncc(-c2ccc(F)c([C@@H](C)[C@H](NS(=O)(=O)c3ccc(Cl)cc3OC)c3n[nH]c(=O)o3)c2C)cn1. The normalized spacial score (nSPS) is 13.2. The van der Waals surface area contributed by atoms with E-state index in [1.54, 1.807) is 19.9 Å².